The van der Waals surface area contributed by atoms with Crippen molar-refractivity contribution in [3.63, 3.8) is 0 Å². The van der Waals surface area contributed by atoms with E-state index in [0.29, 0.717) is 25.5 Å². The monoisotopic (exact) mass is 475 g/mol. The van der Waals surface area contributed by atoms with Gasteiger partial charge in [-0.15, -0.1) is 24.0 Å². The summed E-state index contributed by atoms with van der Waals surface area (Å²) in [6.07, 6.45) is 1.89. The number of hydrogen-bond donors (Lipinski definition) is 3. The van der Waals surface area contributed by atoms with Crippen molar-refractivity contribution in [1.82, 2.24) is 25.4 Å². The SMILES string of the molecule is CN=C(NCc1ncnn1C)NCC(Cc1ccc(F)cc1)C(N)=O.I. The maximum atomic E-state index is 13.0. The van der Waals surface area contributed by atoms with E-state index in [4.69, 9.17) is 5.73 Å². The number of amides is 1. The Bertz CT molecular complexity index is 732. The van der Waals surface area contributed by atoms with Gasteiger partial charge in [0.25, 0.3) is 0 Å². The van der Waals surface area contributed by atoms with Crippen LogP contribution in [0, 0.1) is 11.7 Å². The summed E-state index contributed by atoms with van der Waals surface area (Å²) in [6, 6.07) is 6.02. The lowest BCUT2D eigenvalue weighted by molar-refractivity contribution is -0.121. The Morgan fingerprint density at radius 3 is 2.58 bits per heavy atom. The minimum absolute atomic E-state index is 0. The van der Waals surface area contributed by atoms with Crippen LogP contribution in [0.2, 0.25) is 0 Å². The molecular formula is C16H23FIN7O. The molecule has 0 spiro atoms. The molecule has 1 heterocycles. The molecule has 0 aliphatic heterocycles. The summed E-state index contributed by atoms with van der Waals surface area (Å²) in [5.41, 5.74) is 6.32. The molecule has 8 nitrogen and oxygen atoms in total. The van der Waals surface area contributed by atoms with Crippen LogP contribution in [-0.4, -0.2) is 40.2 Å². The Balaban J connectivity index is 0.00000338. The fourth-order valence-corrected chi connectivity index (χ4v) is 2.26. The number of aromatic nitrogens is 3. The largest absolute Gasteiger partial charge is 0.369 e. The predicted molar refractivity (Wildman–Crippen MR) is 107 cm³/mol. The fourth-order valence-electron chi connectivity index (χ4n) is 2.26. The van der Waals surface area contributed by atoms with Crippen molar-refractivity contribution in [2.45, 2.75) is 13.0 Å². The van der Waals surface area contributed by atoms with Gasteiger partial charge in [0.05, 0.1) is 12.5 Å². The number of primary amides is 1. The lowest BCUT2D eigenvalue weighted by atomic mass is 9.98. The summed E-state index contributed by atoms with van der Waals surface area (Å²) in [4.78, 5) is 19.9. The van der Waals surface area contributed by atoms with Gasteiger partial charge in [-0.2, -0.15) is 5.10 Å². The Morgan fingerprint density at radius 1 is 1.35 bits per heavy atom. The van der Waals surface area contributed by atoms with Crippen LogP contribution in [0.1, 0.15) is 11.4 Å². The van der Waals surface area contributed by atoms with Gasteiger partial charge in [0, 0.05) is 20.6 Å². The van der Waals surface area contributed by atoms with E-state index in [0.717, 1.165) is 11.4 Å². The Labute approximate surface area is 168 Å². The highest BCUT2D eigenvalue weighted by Gasteiger charge is 2.17. The molecule has 1 aromatic carbocycles. The molecule has 142 valence electrons. The van der Waals surface area contributed by atoms with E-state index >= 15 is 0 Å². The molecule has 1 atom stereocenters. The molecule has 0 radical (unpaired) electrons. The summed E-state index contributed by atoms with van der Waals surface area (Å²) in [7, 11) is 3.43. The van der Waals surface area contributed by atoms with Crippen LogP contribution in [-0.2, 0) is 24.8 Å². The number of aryl methyl sites for hydroxylation is 1. The van der Waals surface area contributed by atoms with Crippen molar-refractivity contribution in [2.24, 2.45) is 23.7 Å². The number of guanidine groups is 1. The number of hydrogen-bond acceptors (Lipinski definition) is 4. The summed E-state index contributed by atoms with van der Waals surface area (Å²) in [5, 5.41) is 10.2. The van der Waals surface area contributed by atoms with Gasteiger partial charge in [-0.25, -0.2) is 9.37 Å². The number of nitrogens with zero attached hydrogens (tertiary/aromatic N) is 4. The normalized spacial score (nSPS) is 12.2. The van der Waals surface area contributed by atoms with Crippen LogP contribution in [0.25, 0.3) is 0 Å². The lowest BCUT2D eigenvalue weighted by Crippen LogP contribution is -2.43. The van der Waals surface area contributed by atoms with Crippen LogP contribution in [0.15, 0.2) is 35.6 Å². The molecule has 4 N–H and O–H groups in total. The maximum absolute atomic E-state index is 13.0. The minimum Gasteiger partial charge on any atom is -0.369 e. The van der Waals surface area contributed by atoms with Gasteiger partial charge < -0.3 is 16.4 Å². The maximum Gasteiger partial charge on any atom is 0.222 e. The third-order valence-electron chi connectivity index (χ3n) is 3.76. The topological polar surface area (TPSA) is 110 Å². The second kappa shape index (κ2) is 10.7. The summed E-state index contributed by atoms with van der Waals surface area (Å²) in [5.74, 6) is 0.0827. The van der Waals surface area contributed by atoms with Gasteiger partial charge in [-0.1, -0.05) is 12.1 Å². The molecule has 10 heteroatoms. The molecule has 2 rings (SSSR count). The van der Waals surface area contributed by atoms with Gasteiger partial charge in [-0.05, 0) is 24.1 Å². The highest BCUT2D eigenvalue weighted by Crippen LogP contribution is 2.09. The average Bonchev–Trinajstić information content (AvgIpc) is 3.00. The zero-order valence-corrected chi connectivity index (χ0v) is 17.0. The first-order valence-electron chi connectivity index (χ1n) is 7.80. The number of halogens is 2. The molecule has 0 aliphatic rings. The molecule has 0 aliphatic carbocycles. The number of nitrogens with two attached hydrogens (primary N) is 1. The van der Waals surface area contributed by atoms with E-state index in [9.17, 15) is 9.18 Å². The van der Waals surface area contributed by atoms with Crippen LogP contribution in [0.5, 0.6) is 0 Å². The smallest absolute Gasteiger partial charge is 0.222 e. The molecule has 1 amide bonds. The summed E-state index contributed by atoms with van der Waals surface area (Å²) in [6.45, 7) is 0.751. The molecular weight excluding hydrogens is 452 g/mol. The Kier molecular flexibility index (Phi) is 8.96. The second-order valence-corrected chi connectivity index (χ2v) is 5.54. The van der Waals surface area contributed by atoms with Crippen LogP contribution in [0.3, 0.4) is 0 Å². The van der Waals surface area contributed by atoms with Gasteiger partial charge in [0.1, 0.15) is 18.0 Å². The highest BCUT2D eigenvalue weighted by molar-refractivity contribution is 14.0. The number of carbonyl (C=O) groups excluding carboxylic acids is 1. The molecule has 0 fully saturated rings. The van der Waals surface area contributed by atoms with Crippen LogP contribution in [0.4, 0.5) is 4.39 Å². The third kappa shape index (κ3) is 6.58. The van der Waals surface area contributed by atoms with Gasteiger partial charge in [-0.3, -0.25) is 14.5 Å². The fraction of sp³-hybridized carbons (Fsp3) is 0.375. The standard InChI is InChI=1S/C16H22FN7O.HI/c1-19-16(21-9-14-22-10-23-24(14)2)20-8-12(15(18)25)7-11-3-5-13(17)6-4-11;/h3-6,10,12H,7-9H2,1-2H3,(H2,18,25)(H2,19,20,21);1H. The van der Waals surface area contributed by atoms with Crippen LogP contribution < -0.4 is 16.4 Å². The van der Waals surface area contributed by atoms with Crippen molar-refractivity contribution in [3.8, 4) is 0 Å². The van der Waals surface area contributed by atoms with Gasteiger partial charge >= 0.3 is 0 Å². The van der Waals surface area contributed by atoms with E-state index in [2.05, 4.69) is 25.7 Å². The molecule has 0 saturated carbocycles. The minimum atomic E-state index is -0.446. The lowest BCUT2D eigenvalue weighted by Gasteiger charge is -2.17. The van der Waals surface area contributed by atoms with Gasteiger partial charge in [0.2, 0.25) is 5.91 Å². The molecule has 1 aromatic heterocycles. The van der Waals surface area contributed by atoms with E-state index in [1.54, 1.807) is 30.9 Å². The van der Waals surface area contributed by atoms with E-state index in [1.807, 2.05) is 0 Å². The van der Waals surface area contributed by atoms with Crippen molar-refractivity contribution >= 4 is 35.8 Å². The van der Waals surface area contributed by atoms with E-state index < -0.39 is 11.8 Å². The third-order valence-corrected chi connectivity index (χ3v) is 3.76. The number of nitrogens with one attached hydrogen (secondary N) is 2. The zero-order valence-electron chi connectivity index (χ0n) is 14.6. The Hall–Kier alpha value is -2.24. The first kappa shape index (κ1) is 21.8. The number of rotatable bonds is 7. The molecule has 0 saturated heterocycles. The average molecular weight is 475 g/mol. The first-order valence-corrected chi connectivity index (χ1v) is 7.80. The van der Waals surface area contributed by atoms with Gasteiger partial charge in [0.15, 0.2) is 5.96 Å². The number of aliphatic imine (C=N–C) groups is 1. The molecule has 2 aromatic rings. The Morgan fingerprint density at radius 2 is 2.04 bits per heavy atom. The second-order valence-electron chi connectivity index (χ2n) is 5.54. The predicted octanol–water partition coefficient (Wildman–Crippen LogP) is 0.581. The van der Waals surface area contributed by atoms with E-state index in [-0.39, 0.29) is 29.8 Å². The van der Waals surface area contributed by atoms with Crippen LogP contribution >= 0.6 is 24.0 Å². The van der Waals surface area contributed by atoms with Crippen molar-refractivity contribution < 1.29 is 9.18 Å². The van der Waals surface area contributed by atoms with E-state index in [1.165, 1.54) is 18.5 Å². The van der Waals surface area contributed by atoms with Crippen molar-refractivity contribution in [3.05, 3.63) is 47.8 Å². The van der Waals surface area contributed by atoms with Crippen molar-refractivity contribution in [2.75, 3.05) is 13.6 Å². The zero-order chi connectivity index (χ0) is 18.2. The number of benzene rings is 1. The molecule has 0 bridgehead atoms. The summed E-state index contributed by atoms with van der Waals surface area (Å²) >= 11 is 0. The quantitative estimate of drug-likeness (QED) is 0.309. The summed E-state index contributed by atoms with van der Waals surface area (Å²) < 4.78 is 14.6. The first-order chi connectivity index (χ1) is 12.0. The number of carbonyl (C=O) groups is 1. The molecule has 1 unspecified atom stereocenters. The highest BCUT2D eigenvalue weighted by atomic mass is 127. The molecule has 26 heavy (non-hydrogen) atoms. The van der Waals surface area contributed by atoms with Crippen molar-refractivity contribution in [1.29, 1.82) is 0 Å².